The highest BCUT2D eigenvalue weighted by molar-refractivity contribution is 5.60. The molecule has 0 saturated heterocycles. The lowest BCUT2D eigenvalue weighted by molar-refractivity contribution is -0.137. The summed E-state index contributed by atoms with van der Waals surface area (Å²) in [4.78, 5) is 4.42. The van der Waals surface area contributed by atoms with E-state index < -0.39 is 11.7 Å². The molecule has 0 atom stereocenters. The summed E-state index contributed by atoms with van der Waals surface area (Å²) in [5.41, 5.74) is 7.80. The normalized spacial score (nSPS) is 11.4. The molecule has 33 heavy (non-hydrogen) atoms. The number of methoxy groups -OCH3 is 1. The quantitative estimate of drug-likeness (QED) is 0.390. The van der Waals surface area contributed by atoms with E-state index in [1.54, 1.807) is 31.4 Å². The maximum atomic E-state index is 13.0. The molecule has 1 aromatic heterocycles. The average Bonchev–Trinajstić information content (AvgIpc) is 3.23. The number of hydrogen-bond acceptors (Lipinski definition) is 5. The third-order valence-corrected chi connectivity index (χ3v) is 4.95. The molecule has 170 valence electrons. The van der Waals surface area contributed by atoms with Gasteiger partial charge in [0.25, 0.3) is 0 Å². The molecule has 0 radical (unpaired) electrons. The predicted octanol–water partition coefficient (Wildman–Crippen LogP) is 5.17. The lowest BCUT2D eigenvalue weighted by Crippen LogP contribution is -2.05. The number of ether oxygens (including phenoxy) is 2. The lowest BCUT2D eigenvalue weighted by atomic mass is 10.1. The number of alkyl halides is 3. The van der Waals surface area contributed by atoms with Crippen LogP contribution in [0.15, 0.2) is 72.8 Å². The van der Waals surface area contributed by atoms with Crippen LogP contribution in [0.2, 0.25) is 0 Å². The molecule has 0 amide bonds. The third-order valence-electron chi connectivity index (χ3n) is 4.95. The Morgan fingerprint density at radius 3 is 2.33 bits per heavy atom. The van der Waals surface area contributed by atoms with Crippen molar-refractivity contribution in [1.82, 2.24) is 14.8 Å². The van der Waals surface area contributed by atoms with Gasteiger partial charge in [-0.05, 0) is 48.0 Å². The fourth-order valence-corrected chi connectivity index (χ4v) is 3.24. The monoisotopic (exact) mass is 454 g/mol. The van der Waals surface area contributed by atoms with E-state index in [-0.39, 0.29) is 6.01 Å². The van der Waals surface area contributed by atoms with Gasteiger partial charge in [0.05, 0.1) is 25.0 Å². The smallest absolute Gasteiger partial charge is 0.416 e. The molecule has 2 N–H and O–H groups in total. The number of nitrogens with zero attached hydrogens (tertiary/aromatic N) is 3. The topological polar surface area (TPSA) is 75.2 Å². The van der Waals surface area contributed by atoms with Crippen LogP contribution >= 0.6 is 0 Å². The number of aromatic nitrogens is 3. The van der Waals surface area contributed by atoms with Gasteiger partial charge >= 0.3 is 12.2 Å². The highest BCUT2D eigenvalue weighted by Crippen LogP contribution is 2.31. The largest absolute Gasteiger partial charge is 0.497 e. The summed E-state index contributed by atoms with van der Waals surface area (Å²) >= 11 is 0. The van der Waals surface area contributed by atoms with Crippen molar-refractivity contribution in [2.24, 2.45) is 0 Å². The lowest BCUT2D eigenvalue weighted by Gasteiger charge is -2.09. The summed E-state index contributed by atoms with van der Waals surface area (Å²) in [7, 11) is 1.61. The van der Waals surface area contributed by atoms with Crippen LogP contribution in [0, 0.1) is 0 Å². The minimum Gasteiger partial charge on any atom is -0.497 e. The Bertz CT molecular complexity index is 1220. The van der Waals surface area contributed by atoms with Crippen LogP contribution < -0.4 is 15.2 Å². The second-order valence-corrected chi connectivity index (χ2v) is 7.25. The van der Waals surface area contributed by atoms with Gasteiger partial charge in [0, 0.05) is 17.7 Å². The third kappa shape index (κ3) is 5.25. The minimum atomic E-state index is -4.42. The zero-order valence-corrected chi connectivity index (χ0v) is 17.7. The van der Waals surface area contributed by atoms with Crippen LogP contribution in [0.5, 0.6) is 11.8 Å². The summed E-state index contributed by atoms with van der Waals surface area (Å²) in [5, 5.41) is 4.41. The van der Waals surface area contributed by atoms with E-state index in [1.807, 2.05) is 24.3 Å². The van der Waals surface area contributed by atoms with E-state index in [0.717, 1.165) is 23.4 Å². The molecule has 0 aliphatic heterocycles. The molecular formula is C24H21F3N4O2. The van der Waals surface area contributed by atoms with E-state index in [4.69, 9.17) is 15.2 Å². The van der Waals surface area contributed by atoms with Gasteiger partial charge in [0.15, 0.2) is 5.82 Å². The van der Waals surface area contributed by atoms with E-state index >= 15 is 0 Å². The predicted molar refractivity (Wildman–Crippen MR) is 118 cm³/mol. The maximum Gasteiger partial charge on any atom is 0.416 e. The Hall–Kier alpha value is -4.01. The number of anilines is 1. The second kappa shape index (κ2) is 9.23. The number of hydrogen-bond donors (Lipinski definition) is 1. The molecule has 4 rings (SSSR count). The van der Waals surface area contributed by atoms with Gasteiger partial charge in [-0.3, -0.25) is 0 Å². The van der Waals surface area contributed by atoms with Crippen LogP contribution in [-0.2, 0) is 12.6 Å². The van der Waals surface area contributed by atoms with Crippen molar-refractivity contribution < 1.29 is 22.6 Å². The first-order chi connectivity index (χ1) is 15.8. The van der Waals surface area contributed by atoms with Gasteiger partial charge in [-0.15, -0.1) is 5.10 Å². The molecule has 0 saturated carbocycles. The number of halogens is 3. The highest BCUT2D eigenvalue weighted by Gasteiger charge is 2.30. The van der Waals surface area contributed by atoms with E-state index in [2.05, 4.69) is 10.1 Å². The molecule has 0 aliphatic carbocycles. The SMILES string of the molecule is COc1ccc(CCOc2nc(-c3ccc(C(F)(F)F)cc3)n(-c3cccc(N)c3)n2)cc1. The minimum absolute atomic E-state index is 0.112. The van der Waals surface area contributed by atoms with E-state index in [9.17, 15) is 13.2 Å². The molecule has 0 bridgehead atoms. The highest BCUT2D eigenvalue weighted by atomic mass is 19.4. The molecule has 3 aromatic carbocycles. The molecule has 0 unspecified atom stereocenters. The van der Waals surface area contributed by atoms with Gasteiger partial charge in [-0.1, -0.05) is 30.3 Å². The van der Waals surface area contributed by atoms with Crippen molar-refractivity contribution in [1.29, 1.82) is 0 Å². The summed E-state index contributed by atoms with van der Waals surface area (Å²) in [6.07, 6.45) is -3.80. The number of benzene rings is 3. The van der Waals surface area contributed by atoms with Crippen molar-refractivity contribution in [3.8, 4) is 28.8 Å². The van der Waals surface area contributed by atoms with Gasteiger partial charge in [0.1, 0.15) is 5.75 Å². The molecule has 1 heterocycles. The van der Waals surface area contributed by atoms with Crippen molar-refractivity contribution in [2.45, 2.75) is 12.6 Å². The Morgan fingerprint density at radius 1 is 0.970 bits per heavy atom. The molecule has 0 spiro atoms. The van der Waals surface area contributed by atoms with Gasteiger partial charge in [-0.25, -0.2) is 4.68 Å². The van der Waals surface area contributed by atoms with Crippen LogP contribution in [0.4, 0.5) is 18.9 Å². The second-order valence-electron chi connectivity index (χ2n) is 7.25. The summed E-state index contributed by atoms with van der Waals surface area (Å²) in [6.45, 7) is 0.319. The van der Waals surface area contributed by atoms with Crippen LogP contribution in [0.1, 0.15) is 11.1 Å². The van der Waals surface area contributed by atoms with Crippen molar-refractivity contribution in [3.05, 3.63) is 83.9 Å². The average molecular weight is 454 g/mol. The van der Waals surface area contributed by atoms with Crippen LogP contribution in [0.3, 0.4) is 0 Å². The Morgan fingerprint density at radius 2 is 1.70 bits per heavy atom. The molecule has 0 aliphatic rings. The first kappa shape index (κ1) is 22.2. The molecular weight excluding hydrogens is 433 g/mol. The number of nitrogen functional groups attached to an aromatic ring is 1. The molecule has 6 nitrogen and oxygen atoms in total. The summed E-state index contributed by atoms with van der Waals surface area (Å²) < 4.78 is 51.3. The zero-order valence-electron chi connectivity index (χ0n) is 17.7. The molecule has 4 aromatic rings. The first-order valence-electron chi connectivity index (χ1n) is 10.1. The van der Waals surface area contributed by atoms with Crippen LogP contribution in [-0.4, -0.2) is 28.5 Å². The van der Waals surface area contributed by atoms with Crippen molar-refractivity contribution in [2.75, 3.05) is 19.5 Å². The number of rotatable bonds is 7. The summed E-state index contributed by atoms with van der Waals surface area (Å²) in [6, 6.07) is 19.4. The van der Waals surface area contributed by atoms with Gasteiger partial charge in [0.2, 0.25) is 0 Å². The molecule has 9 heteroatoms. The van der Waals surface area contributed by atoms with Crippen molar-refractivity contribution in [3.63, 3.8) is 0 Å². The number of nitrogens with two attached hydrogens (primary N) is 1. The Balaban J connectivity index is 1.59. The Kier molecular flexibility index (Phi) is 6.21. The van der Waals surface area contributed by atoms with Gasteiger partial charge < -0.3 is 15.2 Å². The molecule has 0 fully saturated rings. The zero-order chi connectivity index (χ0) is 23.4. The van der Waals surface area contributed by atoms with Crippen molar-refractivity contribution >= 4 is 5.69 Å². The first-order valence-corrected chi connectivity index (χ1v) is 10.1. The Labute approximate surface area is 188 Å². The fraction of sp³-hybridized carbons (Fsp3) is 0.167. The van der Waals surface area contributed by atoms with E-state index in [1.165, 1.54) is 16.8 Å². The van der Waals surface area contributed by atoms with Crippen LogP contribution in [0.25, 0.3) is 17.1 Å². The summed E-state index contributed by atoms with van der Waals surface area (Å²) in [5.74, 6) is 1.11. The maximum absolute atomic E-state index is 13.0. The van der Waals surface area contributed by atoms with E-state index in [0.29, 0.717) is 35.8 Å². The standard InChI is InChI=1S/C24H21F3N4O2/c1-32-21-11-5-16(6-12-21)13-14-33-23-29-22(17-7-9-18(10-8-17)24(25,26)27)31(30-23)20-4-2-3-19(28)15-20/h2-12,15H,13-14,28H2,1H3. The van der Waals surface area contributed by atoms with Gasteiger partial charge in [-0.2, -0.15) is 18.2 Å². The fourth-order valence-electron chi connectivity index (χ4n) is 3.24.